The van der Waals surface area contributed by atoms with E-state index < -0.39 is 17.3 Å². The summed E-state index contributed by atoms with van der Waals surface area (Å²) < 4.78 is 25.9. The molecule has 0 spiro atoms. The molecule has 1 amide bonds. The van der Waals surface area contributed by atoms with Crippen LogP contribution in [-0.4, -0.2) is 52.8 Å². The number of halogens is 1. The van der Waals surface area contributed by atoms with E-state index in [4.69, 9.17) is 9.47 Å². The van der Waals surface area contributed by atoms with Gasteiger partial charge in [-0.05, 0) is 55.0 Å². The molecular weight excluding hydrogens is 477 g/mol. The fourth-order valence-electron chi connectivity index (χ4n) is 4.86. The Labute approximate surface area is 215 Å². The molecule has 196 valence electrons. The Bertz CT molecular complexity index is 1320. The van der Waals surface area contributed by atoms with Crippen molar-refractivity contribution in [1.82, 2.24) is 14.5 Å². The zero-order valence-corrected chi connectivity index (χ0v) is 21.4. The molecule has 1 unspecified atom stereocenters. The van der Waals surface area contributed by atoms with E-state index in [1.807, 2.05) is 13.0 Å². The minimum absolute atomic E-state index is 0.112. The average Bonchev–Trinajstić information content (AvgIpc) is 3.35. The van der Waals surface area contributed by atoms with E-state index in [2.05, 4.69) is 4.98 Å². The van der Waals surface area contributed by atoms with Crippen LogP contribution in [0.4, 0.5) is 4.39 Å². The van der Waals surface area contributed by atoms with Crippen molar-refractivity contribution in [3.8, 4) is 23.1 Å². The van der Waals surface area contributed by atoms with Gasteiger partial charge in [0.15, 0.2) is 5.56 Å². The first-order valence-corrected chi connectivity index (χ1v) is 12.5. The first kappa shape index (κ1) is 26.2. The fourth-order valence-corrected chi connectivity index (χ4v) is 4.86. The van der Waals surface area contributed by atoms with Crippen LogP contribution in [0, 0.1) is 11.7 Å². The topological polar surface area (TPSA) is 93.9 Å². The lowest BCUT2D eigenvalue weighted by molar-refractivity contribution is 0.0780. The number of ether oxygens (including phenoxy) is 2. The molecule has 4 rings (SSSR count). The molecule has 1 saturated heterocycles. The molecule has 1 fully saturated rings. The minimum atomic E-state index is -0.681. The number of unbranched alkanes of at least 4 members (excludes halogenated alkanes) is 1. The third-order valence-corrected chi connectivity index (χ3v) is 6.71. The molecule has 1 atom stereocenters. The minimum Gasteiger partial charge on any atom is -0.494 e. The lowest BCUT2D eigenvalue weighted by atomic mass is 9.99. The van der Waals surface area contributed by atoms with Crippen molar-refractivity contribution in [2.45, 2.75) is 39.0 Å². The zero-order valence-electron chi connectivity index (χ0n) is 21.4. The van der Waals surface area contributed by atoms with Crippen molar-refractivity contribution in [3.05, 3.63) is 75.6 Å². The highest BCUT2D eigenvalue weighted by Crippen LogP contribution is 2.33. The van der Waals surface area contributed by atoms with Crippen LogP contribution in [0.5, 0.6) is 17.4 Å². The summed E-state index contributed by atoms with van der Waals surface area (Å²) in [4.78, 5) is 33.3. The van der Waals surface area contributed by atoms with Crippen LogP contribution in [-0.2, 0) is 12.8 Å². The molecule has 8 nitrogen and oxygen atoms in total. The smallest absolute Gasteiger partial charge is 0.275 e. The molecule has 3 aromatic rings. The molecule has 1 N–H and O–H groups in total. The summed E-state index contributed by atoms with van der Waals surface area (Å²) in [5.41, 5.74) is 0.116. The van der Waals surface area contributed by atoms with E-state index >= 15 is 0 Å². The number of hydrogen-bond acceptors (Lipinski definition) is 6. The van der Waals surface area contributed by atoms with Gasteiger partial charge in [-0.25, -0.2) is 4.39 Å². The van der Waals surface area contributed by atoms with Gasteiger partial charge < -0.3 is 19.5 Å². The number of aromatic nitrogens is 2. The van der Waals surface area contributed by atoms with Crippen LogP contribution in [0.25, 0.3) is 5.69 Å². The summed E-state index contributed by atoms with van der Waals surface area (Å²) in [5, 5.41) is 10.8. The van der Waals surface area contributed by atoms with E-state index in [0.29, 0.717) is 55.4 Å². The maximum Gasteiger partial charge on any atom is 0.275 e. The Kier molecular flexibility index (Phi) is 8.11. The highest BCUT2D eigenvalue weighted by Gasteiger charge is 2.33. The molecule has 1 aliphatic rings. The number of benzene rings is 2. The number of rotatable bonds is 9. The second kappa shape index (κ2) is 11.5. The Hall–Kier alpha value is -3.88. The molecule has 0 bridgehead atoms. The molecule has 2 aromatic carbocycles. The fraction of sp³-hybridized carbons (Fsp3) is 0.393. The number of aromatic hydroxyl groups is 1. The summed E-state index contributed by atoms with van der Waals surface area (Å²) in [6, 6.07) is 11.5. The van der Waals surface area contributed by atoms with Gasteiger partial charge in [-0.15, -0.1) is 0 Å². The van der Waals surface area contributed by atoms with E-state index in [9.17, 15) is 19.1 Å². The van der Waals surface area contributed by atoms with Crippen molar-refractivity contribution in [3.63, 3.8) is 0 Å². The summed E-state index contributed by atoms with van der Waals surface area (Å²) in [6.07, 6.45) is 3.31. The Balaban J connectivity index is 1.72. The highest BCUT2D eigenvalue weighted by atomic mass is 19.1. The van der Waals surface area contributed by atoms with E-state index in [1.165, 1.54) is 30.9 Å². The second-order valence-electron chi connectivity index (χ2n) is 9.22. The van der Waals surface area contributed by atoms with Crippen LogP contribution in [0.1, 0.15) is 47.9 Å². The van der Waals surface area contributed by atoms with Crippen LogP contribution in [0.3, 0.4) is 0 Å². The Morgan fingerprint density at radius 3 is 2.51 bits per heavy atom. The van der Waals surface area contributed by atoms with Crippen molar-refractivity contribution in [2.75, 3.05) is 27.3 Å². The first-order valence-electron chi connectivity index (χ1n) is 12.5. The SMILES string of the molecule is CCCCc1nc(O)c(C(=O)N2CCC(Cc3cccc(F)c3)C2)c(=O)n1-c1c(OC)cccc1OC. The maximum atomic E-state index is 13.9. The lowest BCUT2D eigenvalue weighted by Gasteiger charge is -2.21. The molecule has 0 aliphatic carbocycles. The van der Waals surface area contributed by atoms with Gasteiger partial charge in [-0.1, -0.05) is 31.5 Å². The predicted octanol–water partition coefficient (Wildman–Crippen LogP) is 4.14. The number of amides is 1. The van der Waals surface area contributed by atoms with Crippen LogP contribution in [0.2, 0.25) is 0 Å². The Morgan fingerprint density at radius 2 is 1.86 bits per heavy atom. The van der Waals surface area contributed by atoms with Gasteiger partial charge in [-0.2, -0.15) is 4.98 Å². The number of likely N-dealkylation sites (tertiary alicyclic amines) is 1. The Morgan fingerprint density at radius 1 is 1.16 bits per heavy atom. The third kappa shape index (κ3) is 5.45. The van der Waals surface area contributed by atoms with Crippen molar-refractivity contribution >= 4 is 5.91 Å². The summed E-state index contributed by atoms with van der Waals surface area (Å²) in [5.74, 6) is -0.283. The molecule has 2 heterocycles. The quantitative estimate of drug-likeness (QED) is 0.466. The third-order valence-electron chi connectivity index (χ3n) is 6.71. The van der Waals surface area contributed by atoms with Crippen LogP contribution >= 0.6 is 0 Å². The second-order valence-corrected chi connectivity index (χ2v) is 9.22. The monoisotopic (exact) mass is 509 g/mol. The number of carbonyl (C=O) groups excluding carboxylic acids is 1. The molecule has 0 radical (unpaired) electrons. The lowest BCUT2D eigenvalue weighted by Crippen LogP contribution is -2.37. The average molecular weight is 510 g/mol. The highest BCUT2D eigenvalue weighted by molar-refractivity contribution is 5.96. The molecule has 9 heteroatoms. The number of para-hydroxylation sites is 1. The predicted molar refractivity (Wildman–Crippen MR) is 137 cm³/mol. The molecular formula is C28H32FN3O5. The van der Waals surface area contributed by atoms with Gasteiger partial charge >= 0.3 is 0 Å². The first-order chi connectivity index (χ1) is 17.9. The maximum absolute atomic E-state index is 13.9. The van der Waals surface area contributed by atoms with E-state index in [1.54, 1.807) is 29.2 Å². The van der Waals surface area contributed by atoms with Crippen LogP contribution < -0.4 is 15.0 Å². The normalized spacial score (nSPS) is 15.1. The standard InChI is InChI=1S/C28H32FN3O5/c1-4-5-12-23-30-26(33)24(28(35)32(23)25-21(36-2)10-7-11-22(25)37-3)27(34)31-14-13-19(17-31)15-18-8-6-9-20(29)16-18/h6-11,16,19,33H,4-5,12-15,17H2,1-3H3. The van der Waals surface area contributed by atoms with Crippen molar-refractivity contribution in [1.29, 1.82) is 0 Å². The van der Waals surface area contributed by atoms with E-state index in [-0.39, 0.29) is 17.3 Å². The molecule has 37 heavy (non-hydrogen) atoms. The van der Waals surface area contributed by atoms with Gasteiger partial charge in [-0.3, -0.25) is 14.2 Å². The summed E-state index contributed by atoms with van der Waals surface area (Å²) in [7, 11) is 2.97. The van der Waals surface area contributed by atoms with Gasteiger partial charge in [0.05, 0.1) is 14.2 Å². The number of aryl methyl sites for hydroxylation is 1. The van der Waals surface area contributed by atoms with Gasteiger partial charge in [0.2, 0.25) is 5.88 Å². The largest absolute Gasteiger partial charge is 0.494 e. The number of methoxy groups -OCH3 is 2. The van der Waals surface area contributed by atoms with Gasteiger partial charge in [0, 0.05) is 19.5 Å². The van der Waals surface area contributed by atoms with Crippen molar-refractivity contribution < 1.29 is 23.8 Å². The molecule has 1 aliphatic heterocycles. The number of nitrogens with zero attached hydrogens (tertiary/aromatic N) is 3. The van der Waals surface area contributed by atoms with Gasteiger partial charge in [0.25, 0.3) is 11.5 Å². The van der Waals surface area contributed by atoms with E-state index in [0.717, 1.165) is 18.4 Å². The number of carbonyl (C=O) groups is 1. The van der Waals surface area contributed by atoms with Gasteiger partial charge in [0.1, 0.15) is 28.8 Å². The zero-order chi connectivity index (χ0) is 26.5. The summed E-state index contributed by atoms with van der Waals surface area (Å²) >= 11 is 0. The van der Waals surface area contributed by atoms with Crippen molar-refractivity contribution in [2.24, 2.45) is 5.92 Å². The molecule has 1 aromatic heterocycles. The molecule has 0 saturated carbocycles. The number of hydrogen-bond donors (Lipinski definition) is 1. The van der Waals surface area contributed by atoms with Crippen LogP contribution in [0.15, 0.2) is 47.3 Å². The summed E-state index contributed by atoms with van der Waals surface area (Å²) in [6.45, 7) is 2.83.